The molecule has 7 aromatic carbocycles. The van der Waals surface area contributed by atoms with E-state index in [-0.39, 0.29) is 0 Å². The largest absolute Gasteiger partial charge is 0.245 e. The van der Waals surface area contributed by atoms with Crippen LogP contribution < -0.4 is 0 Å². The van der Waals surface area contributed by atoms with E-state index < -0.39 is 0 Å². The summed E-state index contributed by atoms with van der Waals surface area (Å²) in [4.78, 5) is 20.6. The van der Waals surface area contributed by atoms with Crippen LogP contribution in [0.15, 0.2) is 182 Å². The normalized spacial score (nSPS) is 11.5. The zero-order valence-electron chi connectivity index (χ0n) is 28.1. The maximum absolute atomic E-state index is 5.20. The molecule has 3 aromatic heterocycles. The van der Waals surface area contributed by atoms with E-state index >= 15 is 0 Å². The van der Waals surface area contributed by atoms with Crippen molar-refractivity contribution in [3.8, 4) is 56.3 Å². The van der Waals surface area contributed by atoms with Crippen LogP contribution in [0.4, 0.5) is 0 Å². The van der Waals surface area contributed by atoms with Crippen LogP contribution in [-0.2, 0) is 0 Å². The Morgan fingerprint density at radius 3 is 1.46 bits per heavy atom. The lowest BCUT2D eigenvalue weighted by Crippen LogP contribution is -1.96. The maximum Gasteiger partial charge on any atom is 0.160 e. The predicted molar refractivity (Wildman–Crippen MR) is 215 cm³/mol. The second-order valence-corrected chi connectivity index (χ2v) is 13.1. The van der Waals surface area contributed by atoms with Crippen molar-refractivity contribution in [2.45, 2.75) is 0 Å². The number of rotatable bonds is 5. The smallest absolute Gasteiger partial charge is 0.160 e. The van der Waals surface area contributed by atoms with Gasteiger partial charge >= 0.3 is 0 Å². The first kappa shape index (κ1) is 29.8. The van der Waals surface area contributed by atoms with Gasteiger partial charge in [-0.3, -0.25) is 0 Å². The highest BCUT2D eigenvalue weighted by molar-refractivity contribution is 6.05. The standard InChI is InChI=1S/C48H30N4/c1-4-11-31(12-5-1)42-27-25-33-19-20-34-26-28-43(50-46(34)45(33)49-42)39-24-22-36-29-38(23-21-37(36)30-39)40-17-10-18-41-44(32-13-6-2-7-14-32)51-48(52-47(40)41)35-15-8-3-9-16-35/h1-30H. The van der Waals surface area contributed by atoms with Gasteiger partial charge in [-0.05, 0) is 40.6 Å². The highest BCUT2D eigenvalue weighted by atomic mass is 14.9. The number of hydrogen-bond donors (Lipinski definition) is 0. The number of hydrogen-bond acceptors (Lipinski definition) is 4. The fourth-order valence-electron chi connectivity index (χ4n) is 7.19. The Morgan fingerprint density at radius 2 is 0.808 bits per heavy atom. The van der Waals surface area contributed by atoms with Gasteiger partial charge in [0, 0.05) is 44.0 Å². The summed E-state index contributed by atoms with van der Waals surface area (Å²) in [5.74, 6) is 0.715. The van der Waals surface area contributed by atoms with Gasteiger partial charge in [-0.25, -0.2) is 19.9 Å². The summed E-state index contributed by atoms with van der Waals surface area (Å²) in [6.45, 7) is 0. The van der Waals surface area contributed by atoms with E-state index in [0.29, 0.717) is 5.82 Å². The number of benzene rings is 7. The van der Waals surface area contributed by atoms with Crippen LogP contribution in [0.25, 0.3) is 99.8 Å². The highest BCUT2D eigenvalue weighted by Gasteiger charge is 2.16. The zero-order valence-corrected chi connectivity index (χ0v) is 28.1. The minimum atomic E-state index is 0.715. The van der Waals surface area contributed by atoms with E-state index in [4.69, 9.17) is 19.9 Å². The van der Waals surface area contributed by atoms with Crippen molar-refractivity contribution in [2.75, 3.05) is 0 Å². The number of nitrogens with zero attached hydrogens (tertiary/aromatic N) is 4. The Bertz CT molecular complexity index is 2940. The molecule has 10 aromatic rings. The van der Waals surface area contributed by atoms with Crippen molar-refractivity contribution in [3.05, 3.63) is 182 Å². The molecule has 0 saturated carbocycles. The molecule has 242 valence electrons. The monoisotopic (exact) mass is 662 g/mol. The van der Waals surface area contributed by atoms with Crippen LogP contribution in [0.2, 0.25) is 0 Å². The Labute approximate surface area is 300 Å². The second-order valence-electron chi connectivity index (χ2n) is 13.1. The molecular weight excluding hydrogens is 633 g/mol. The third-order valence-electron chi connectivity index (χ3n) is 9.84. The number of fused-ring (bicyclic) bond motifs is 5. The van der Waals surface area contributed by atoms with E-state index in [0.717, 1.165) is 93.9 Å². The van der Waals surface area contributed by atoms with Gasteiger partial charge in [-0.15, -0.1) is 0 Å². The topological polar surface area (TPSA) is 51.6 Å². The Balaban J connectivity index is 1.07. The van der Waals surface area contributed by atoms with Crippen LogP contribution in [-0.4, -0.2) is 19.9 Å². The lowest BCUT2D eigenvalue weighted by Gasteiger charge is -2.13. The lowest BCUT2D eigenvalue weighted by atomic mass is 9.96. The van der Waals surface area contributed by atoms with Crippen molar-refractivity contribution >= 4 is 43.5 Å². The quantitative estimate of drug-likeness (QED) is 0.172. The first-order valence-corrected chi connectivity index (χ1v) is 17.5. The molecule has 0 aliphatic rings. The Hall–Kier alpha value is -7.04. The van der Waals surface area contributed by atoms with Gasteiger partial charge in [0.2, 0.25) is 0 Å². The average Bonchev–Trinajstić information content (AvgIpc) is 3.23. The maximum atomic E-state index is 5.20. The second kappa shape index (κ2) is 12.4. The molecule has 0 bridgehead atoms. The molecule has 0 amide bonds. The van der Waals surface area contributed by atoms with E-state index in [9.17, 15) is 0 Å². The van der Waals surface area contributed by atoms with Crippen LogP contribution in [0.5, 0.6) is 0 Å². The molecule has 52 heavy (non-hydrogen) atoms. The summed E-state index contributed by atoms with van der Waals surface area (Å²) in [5.41, 5.74) is 12.0. The Kier molecular flexibility index (Phi) is 7.10. The molecule has 4 nitrogen and oxygen atoms in total. The minimum absolute atomic E-state index is 0.715. The summed E-state index contributed by atoms with van der Waals surface area (Å²) in [5, 5.41) is 5.48. The molecule has 0 radical (unpaired) electrons. The molecule has 0 aliphatic carbocycles. The van der Waals surface area contributed by atoms with Gasteiger partial charge < -0.3 is 0 Å². The molecular formula is C48H30N4. The van der Waals surface area contributed by atoms with E-state index in [1.807, 2.05) is 42.5 Å². The molecule has 0 aliphatic heterocycles. The Morgan fingerprint density at radius 1 is 0.288 bits per heavy atom. The number of pyridine rings is 2. The number of aromatic nitrogens is 4. The van der Waals surface area contributed by atoms with E-state index in [1.165, 1.54) is 0 Å². The third-order valence-corrected chi connectivity index (χ3v) is 9.84. The van der Waals surface area contributed by atoms with Crippen molar-refractivity contribution in [1.82, 2.24) is 19.9 Å². The average molecular weight is 663 g/mol. The summed E-state index contributed by atoms with van der Waals surface area (Å²) >= 11 is 0. The van der Waals surface area contributed by atoms with E-state index in [2.05, 4.69) is 140 Å². The van der Waals surface area contributed by atoms with Crippen LogP contribution in [0.1, 0.15) is 0 Å². The first-order chi connectivity index (χ1) is 25.7. The summed E-state index contributed by atoms with van der Waals surface area (Å²) in [6, 6.07) is 63.3. The van der Waals surface area contributed by atoms with Crippen LogP contribution >= 0.6 is 0 Å². The molecule has 0 spiro atoms. The predicted octanol–water partition coefficient (Wildman–Crippen LogP) is 12.2. The van der Waals surface area contributed by atoms with Gasteiger partial charge in [0.15, 0.2) is 5.82 Å². The van der Waals surface area contributed by atoms with E-state index in [1.54, 1.807) is 0 Å². The lowest BCUT2D eigenvalue weighted by molar-refractivity contribution is 1.23. The van der Waals surface area contributed by atoms with Crippen molar-refractivity contribution in [1.29, 1.82) is 0 Å². The van der Waals surface area contributed by atoms with Gasteiger partial charge in [0.05, 0.1) is 33.6 Å². The molecule has 3 heterocycles. The summed E-state index contributed by atoms with van der Waals surface area (Å²) in [6.07, 6.45) is 0. The first-order valence-electron chi connectivity index (χ1n) is 17.5. The van der Waals surface area contributed by atoms with Gasteiger partial charge in [0.1, 0.15) is 0 Å². The molecule has 0 fully saturated rings. The van der Waals surface area contributed by atoms with Crippen LogP contribution in [0.3, 0.4) is 0 Å². The van der Waals surface area contributed by atoms with Crippen molar-refractivity contribution < 1.29 is 0 Å². The molecule has 0 N–H and O–H groups in total. The van der Waals surface area contributed by atoms with Crippen LogP contribution in [0, 0.1) is 0 Å². The van der Waals surface area contributed by atoms with Gasteiger partial charge in [0.25, 0.3) is 0 Å². The zero-order chi connectivity index (χ0) is 34.4. The SMILES string of the molecule is c1ccc(-c2ccc3ccc4ccc(-c5ccc6cc(-c7cccc8c(-c9ccccc9)nc(-c9ccccc9)nc78)ccc6c5)nc4c3n2)cc1. The molecule has 0 saturated heterocycles. The number of para-hydroxylation sites is 1. The summed E-state index contributed by atoms with van der Waals surface area (Å²) < 4.78 is 0. The van der Waals surface area contributed by atoms with Gasteiger partial charge in [-0.1, -0.05) is 158 Å². The van der Waals surface area contributed by atoms with Crippen molar-refractivity contribution in [2.24, 2.45) is 0 Å². The third kappa shape index (κ3) is 5.26. The van der Waals surface area contributed by atoms with Gasteiger partial charge in [-0.2, -0.15) is 0 Å². The minimum Gasteiger partial charge on any atom is -0.245 e. The highest BCUT2D eigenvalue weighted by Crippen LogP contribution is 2.37. The summed E-state index contributed by atoms with van der Waals surface area (Å²) in [7, 11) is 0. The fraction of sp³-hybridized carbons (Fsp3) is 0. The molecule has 10 rings (SSSR count). The van der Waals surface area contributed by atoms with Crippen molar-refractivity contribution in [3.63, 3.8) is 0 Å². The molecule has 4 heteroatoms. The molecule has 0 unspecified atom stereocenters. The molecule has 0 atom stereocenters. The fourth-order valence-corrected chi connectivity index (χ4v) is 7.19.